The van der Waals surface area contributed by atoms with Crippen molar-refractivity contribution in [2.75, 3.05) is 0 Å². The number of thioether (sulfide) groups is 1. The SMILES string of the molecule is Fc1ccc2c(c1)[NH+]=C1C=CC=CC1S2. The van der Waals surface area contributed by atoms with Crippen molar-refractivity contribution in [3.8, 4) is 0 Å². The summed E-state index contributed by atoms with van der Waals surface area (Å²) >= 11 is 1.75. The molecule has 0 spiro atoms. The van der Waals surface area contributed by atoms with Crippen LogP contribution in [0.4, 0.5) is 10.1 Å². The van der Waals surface area contributed by atoms with E-state index in [9.17, 15) is 4.39 Å². The van der Waals surface area contributed by atoms with E-state index in [0.717, 1.165) is 16.3 Å². The van der Waals surface area contributed by atoms with E-state index in [1.165, 1.54) is 12.1 Å². The van der Waals surface area contributed by atoms with E-state index < -0.39 is 0 Å². The number of fused-ring (bicyclic) bond motifs is 2. The Balaban J connectivity index is 2.12. The highest BCUT2D eigenvalue weighted by molar-refractivity contribution is 8.01. The van der Waals surface area contributed by atoms with Gasteiger partial charge >= 0.3 is 0 Å². The fourth-order valence-corrected chi connectivity index (χ4v) is 2.82. The third-order valence-electron chi connectivity index (χ3n) is 2.45. The first kappa shape index (κ1) is 8.92. The van der Waals surface area contributed by atoms with E-state index >= 15 is 0 Å². The summed E-state index contributed by atoms with van der Waals surface area (Å²) in [4.78, 5) is 4.36. The predicted molar refractivity (Wildman–Crippen MR) is 60.0 cm³/mol. The first-order valence-corrected chi connectivity index (χ1v) is 5.66. The predicted octanol–water partition coefficient (Wildman–Crippen LogP) is 1.58. The summed E-state index contributed by atoms with van der Waals surface area (Å²) < 4.78 is 13.0. The Hall–Kier alpha value is -1.35. The van der Waals surface area contributed by atoms with Crippen LogP contribution in [0.2, 0.25) is 0 Å². The van der Waals surface area contributed by atoms with Crippen LogP contribution in [0.15, 0.2) is 47.4 Å². The van der Waals surface area contributed by atoms with Crippen molar-refractivity contribution < 1.29 is 9.38 Å². The minimum absolute atomic E-state index is 0.198. The molecule has 2 aliphatic rings. The molecule has 15 heavy (non-hydrogen) atoms. The maximum absolute atomic E-state index is 13.0. The summed E-state index contributed by atoms with van der Waals surface area (Å²) in [7, 11) is 0. The van der Waals surface area contributed by atoms with Gasteiger partial charge in [-0.2, -0.15) is 0 Å². The molecular formula is C12H9FNS+. The van der Waals surface area contributed by atoms with Gasteiger partial charge in [-0.15, -0.1) is 11.8 Å². The molecule has 0 fully saturated rings. The van der Waals surface area contributed by atoms with E-state index in [2.05, 4.69) is 11.1 Å². The first-order valence-electron chi connectivity index (χ1n) is 4.78. The van der Waals surface area contributed by atoms with Crippen LogP contribution in [0.1, 0.15) is 0 Å². The molecule has 0 amide bonds. The van der Waals surface area contributed by atoms with Gasteiger partial charge in [-0.25, -0.2) is 9.38 Å². The maximum Gasteiger partial charge on any atom is 0.220 e. The van der Waals surface area contributed by atoms with Crippen molar-refractivity contribution in [2.24, 2.45) is 0 Å². The lowest BCUT2D eigenvalue weighted by atomic mass is 10.1. The number of hydrogen-bond donors (Lipinski definition) is 1. The molecule has 1 unspecified atom stereocenters. The standard InChI is InChI=1S/C12H8FNS/c13-8-5-6-12-10(7-8)14-9-3-1-2-4-11(9)15-12/h1-7,11H/p+1. The molecule has 0 saturated heterocycles. The molecule has 3 heteroatoms. The van der Waals surface area contributed by atoms with Crippen LogP contribution in [0, 0.1) is 5.82 Å². The minimum Gasteiger partial charge on any atom is -0.207 e. The second-order valence-corrected chi connectivity index (χ2v) is 4.69. The van der Waals surface area contributed by atoms with Gasteiger partial charge in [-0.05, 0) is 12.1 Å². The number of benzene rings is 1. The summed E-state index contributed by atoms with van der Waals surface area (Å²) in [5, 5.41) is 0.341. The zero-order chi connectivity index (χ0) is 10.3. The number of hydrogen-bond acceptors (Lipinski definition) is 1. The van der Waals surface area contributed by atoms with Crippen molar-refractivity contribution in [1.82, 2.24) is 0 Å². The molecule has 1 nitrogen and oxygen atoms in total. The zero-order valence-corrected chi connectivity index (χ0v) is 8.72. The lowest BCUT2D eigenvalue weighted by Gasteiger charge is -2.16. The molecular weight excluding hydrogens is 209 g/mol. The van der Waals surface area contributed by atoms with Gasteiger partial charge in [0.15, 0.2) is 5.71 Å². The molecule has 1 N–H and O–H groups in total. The molecule has 1 aromatic rings. The summed E-state index contributed by atoms with van der Waals surface area (Å²) in [5.41, 5.74) is 1.99. The molecule has 1 aliphatic carbocycles. The molecule has 0 saturated carbocycles. The average Bonchev–Trinajstić information content (AvgIpc) is 2.26. The van der Waals surface area contributed by atoms with Gasteiger partial charge in [0.2, 0.25) is 5.69 Å². The van der Waals surface area contributed by atoms with E-state index in [4.69, 9.17) is 0 Å². The van der Waals surface area contributed by atoms with Crippen LogP contribution in [-0.2, 0) is 0 Å². The summed E-state index contributed by atoms with van der Waals surface area (Å²) in [5.74, 6) is -0.198. The third kappa shape index (κ3) is 1.53. The van der Waals surface area contributed by atoms with Crippen molar-refractivity contribution in [3.05, 3.63) is 48.3 Å². The first-order chi connectivity index (χ1) is 7.33. The van der Waals surface area contributed by atoms with Crippen molar-refractivity contribution in [3.63, 3.8) is 0 Å². The Morgan fingerprint density at radius 1 is 1.27 bits per heavy atom. The fraction of sp³-hybridized carbons (Fsp3) is 0.0833. The summed E-state index contributed by atoms with van der Waals surface area (Å²) in [6.07, 6.45) is 8.20. The van der Waals surface area contributed by atoms with Crippen LogP contribution in [0.5, 0.6) is 0 Å². The van der Waals surface area contributed by atoms with Gasteiger partial charge in [-0.3, -0.25) is 0 Å². The molecule has 0 bridgehead atoms. The van der Waals surface area contributed by atoms with Crippen molar-refractivity contribution >= 4 is 23.2 Å². The highest BCUT2D eigenvalue weighted by atomic mass is 32.2. The molecule has 0 aromatic heterocycles. The Morgan fingerprint density at radius 2 is 2.20 bits per heavy atom. The number of rotatable bonds is 0. The van der Waals surface area contributed by atoms with Gasteiger partial charge in [-0.1, -0.05) is 18.2 Å². The monoisotopic (exact) mass is 218 g/mol. The highest BCUT2D eigenvalue weighted by Crippen LogP contribution is 2.32. The number of allylic oxidation sites excluding steroid dienone is 3. The molecule has 1 heterocycles. The largest absolute Gasteiger partial charge is 0.220 e. The Labute approximate surface area is 91.4 Å². The molecule has 1 atom stereocenters. The normalized spacial score (nSPS) is 21.9. The molecule has 3 rings (SSSR count). The number of nitrogens with one attached hydrogen (secondary N) is 1. The van der Waals surface area contributed by atoms with Crippen molar-refractivity contribution in [1.29, 1.82) is 0 Å². The minimum atomic E-state index is -0.198. The van der Waals surface area contributed by atoms with E-state index in [1.807, 2.05) is 24.3 Å². The fourth-order valence-electron chi connectivity index (χ4n) is 1.73. The Bertz CT molecular complexity index is 502. The van der Waals surface area contributed by atoms with Crippen LogP contribution in [0.25, 0.3) is 0 Å². The highest BCUT2D eigenvalue weighted by Gasteiger charge is 2.27. The van der Waals surface area contributed by atoms with Crippen molar-refractivity contribution in [2.45, 2.75) is 10.1 Å². The maximum atomic E-state index is 13.0. The molecule has 74 valence electrons. The van der Waals surface area contributed by atoms with Crippen LogP contribution >= 0.6 is 11.8 Å². The Kier molecular flexibility index (Phi) is 1.99. The third-order valence-corrected chi connectivity index (χ3v) is 3.73. The molecule has 1 aliphatic heterocycles. The average molecular weight is 218 g/mol. The summed E-state index contributed by atoms with van der Waals surface area (Å²) in [6.45, 7) is 0. The van der Waals surface area contributed by atoms with Crippen LogP contribution in [-0.4, -0.2) is 11.0 Å². The van der Waals surface area contributed by atoms with Gasteiger partial charge in [0.25, 0.3) is 0 Å². The van der Waals surface area contributed by atoms with E-state index in [1.54, 1.807) is 11.8 Å². The topological polar surface area (TPSA) is 14.0 Å². The van der Waals surface area contributed by atoms with Gasteiger partial charge in [0.1, 0.15) is 11.1 Å². The Morgan fingerprint density at radius 3 is 3.13 bits per heavy atom. The molecule has 0 radical (unpaired) electrons. The zero-order valence-electron chi connectivity index (χ0n) is 7.91. The van der Waals surface area contributed by atoms with E-state index in [-0.39, 0.29) is 5.82 Å². The van der Waals surface area contributed by atoms with Gasteiger partial charge < -0.3 is 0 Å². The number of halogens is 1. The van der Waals surface area contributed by atoms with Gasteiger partial charge in [0.05, 0.1) is 4.90 Å². The smallest absolute Gasteiger partial charge is 0.207 e. The molecule has 1 aromatic carbocycles. The van der Waals surface area contributed by atoms with Crippen LogP contribution < -0.4 is 4.99 Å². The lowest BCUT2D eigenvalue weighted by Crippen LogP contribution is -2.70. The van der Waals surface area contributed by atoms with E-state index in [0.29, 0.717) is 5.25 Å². The quantitative estimate of drug-likeness (QED) is 0.698. The summed E-state index contributed by atoms with van der Waals surface area (Å²) in [6, 6.07) is 4.86. The lowest BCUT2D eigenvalue weighted by molar-refractivity contribution is -0.358. The van der Waals surface area contributed by atoms with Crippen LogP contribution in [0.3, 0.4) is 0 Å². The second kappa shape index (κ2) is 3.35. The van der Waals surface area contributed by atoms with Gasteiger partial charge in [0, 0.05) is 12.1 Å². The second-order valence-electron chi connectivity index (χ2n) is 3.50.